The molecule has 2 aromatic carbocycles. The summed E-state index contributed by atoms with van der Waals surface area (Å²) < 4.78 is 13.3. The Morgan fingerprint density at radius 3 is 2.77 bits per heavy atom. The van der Waals surface area contributed by atoms with Gasteiger partial charge in [-0.25, -0.2) is 9.37 Å². The lowest BCUT2D eigenvalue weighted by Gasteiger charge is -2.07. The maximum absolute atomic E-state index is 13.3. The number of hydrogen-bond donors (Lipinski definition) is 1. The number of hydrogen-bond acceptors (Lipinski definition) is 3. The zero-order valence-corrected chi connectivity index (χ0v) is 13.7. The molecule has 1 N–H and O–H groups in total. The van der Waals surface area contributed by atoms with Gasteiger partial charge in [0.05, 0.1) is 5.69 Å². The predicted molar refractivity (Wildman–Crippen MR) is 91.7 cm³/mol. The summed E-state index contributed by atoms with van der Waals surface area (Å²) in [5.74, 6) is -0.202. The summed E-state index contributed by atoms with van der Waals surface area (Å²) >= 11 is 7.63. The van der Waals surface area contributed by atoms with E-state index >= 15 is 0 Å². The molecule has 0 aliphatic rings. The smallest absolute Gasteiger partial charge is 0.187 e. The maximum atomic E-state index is 13.3. The van der Waals surface area contributed by atoms with Gasteiger partial charge in [-0.3, -0.25) is 0 Å². The van der Waals surface area contributed by atoms with Gasteiger partial charge in [0, 0.05) is 21.7 Å². The van der Waals surface area contributed by atoms with Gasteiger partial charge in [-0.15, -0.1) is 11.3 Å². The average molecular weight is 333 g/mol. The van der Waals surface area contributed by atoms with Crippen molar-refractivity contribution >= 4 is 33.8 Å². The first-order chi connectivity index (χ1) is 10.5. The largest absolute Gasteiger partial charge is 0.331 e. The second-order valence-corrected chi connectivity index (χ2v) is 6.30. The monoisotopic (exact) mass is 332 g/mol. The minimum atomic E-state index is -0.202. The predicted octanol–water partition coefficient (Wildman–Crippen LogP) is 5.96. The van der Waals surface area contributed by atoms with Gasteiger partial charge in [0.25, 0.3) is 0 Å². The van der Waals surface area contributed by atoms with E-state index in [2.05, 4.69) is 10.3 Å². The van der Waals surface area contributed by atoms with Crippen LogP contribution in [0, 0.1) is 19.7 Å². The number of nitrogens with zero attached hydrogens (tertiary/aromatic N) is 1. The number of thiazole rings is 1. The molecule has 0 radical (unpaired) electrons. The van der Waals surface area contributed by atoms with E-state index in [1.54, 1.807) is 19.1 Å². The molecule has 0 aliphatic heterocycles. The SMILES string of the molecule is Cc1cc(-c2csc(Nc3cccc(Cl)c3C)n2)ccc1F. The Bertz CT molecular complexity index is 829. The van der Waals surface area contributed by atoms with Gasteiger partial charge in [-0.2, -0.15) is 0 Å². The number of aromatic nitrogens is 1. The van der Waals surface area contributed by atoms with Crippen molar-refractivity contribution in [2.24, 2.45) is 0 Å². The van der Waals surface area contributed by atoms with Crippen molar-refractivity contribution in [2.75, 3.05) is 5.32 Å². The zero-order valence-electron chi connectivity index (χ0n) is 12.2. The van der Waals surface area contributed by atoms with Crippen molar-refractivity contribution in [1.82, 2.24) is 4.98 Å². The molecule has 0 saturated carbocycles. The van der Waals surface area contributed by atoms with Crippen LogP contribution in [0.3, 0.4) is 0 Å². The quantitative estimate of drug-likeness (QED) is 0.639. The summed E-state index contributed by atoms with van der Waals surface area (Å²) in [5, 5.41) is 6.73. The molecule has 0 aliphatic carbocycles. The highest BCUT2D eigenvalue weighted by Gasteiger charge is 2.08. The Morgan fingerprint density at radius 2 is 2.00 bits per heavy atom. The summed E-state index contributed by atoms with van der Waals surface area (Å²) in [6, 6.07) is 10.7. The molecule has 0 bridgehead atoms. The Labute approximate surface area is 137 Å². The van der Waals surface area contributed by atoms with Crippen LogP contribution in [0.4, 0.5) is 15.2 Å². The molecule has 3 aromatic rings. The van der Waals surface area contributed by atoms with Crippen molar-refractivity contribution in [3.63, 3.8) is 0 Å². The van der Waals surface area contributed by atoms with Gasteiger partial charge in [0.2, 0.25) is 0 Å². The van der Waals surface area contributed by atoms with Crippen LogP contribution in [0.15, 0.2) is 41.8 Å². The van der Waals surface area contributed by atoms with Gasteiger partial charge >= 0.3 is 0 Å². The van der Waals surface area contributed by atoms with Crippen LogP contribution in [0.2, 0.25) is 5.02 Å². The third-order valence-electron chi connectivity index (χ3n) is 3.47. The van der Waals surface area contributed by atoms with Gasteiger partial charge in [0.1, 0.15) is 5.82 Å². The summed E-state index contributed by atoms with van der Waals surface area (Å²) in [6.07, 6.45) is 0. The van der Waals surface area contributed by atoms with Crippen LogP contribution in [0.25, 0.3) is 11.3 Å². The molecule has 1 aromatic heterocycles. The second kappa shape index (κ2) is 6.07. The number of aryl methyl sites for hydroxylation is 1. The third kappa shape index (κ3) is 2.98. The molecule has 0 atom stereocenters. The van der Waals surface area contributed by atoms with Crippen molar-refractivity contribution in [2.45, 2.75) is 13.8 Å². The molecule has 0 amide bonds. The van der Waals surface area contributed by atoms with Crippen molar-refractivity contribution in [1.29, 1.82) is 0 Å². The molecule has 3 rings (SSSR count). The standard InChI is InChI=1S/C17H14ClFN2S/c1-10-8-12(6-7-14(10)19)16-9-22-17(21-16)20-15-5-3-4-13(18)11(15)2/h3-9H,1-2H3,(H,20,21). The lowest BCUT2D eigenvalue weighted by Crippen LogP contribution is -1.93. The first-order valence-electron chi connectivity index (χ1n) is 6.79. The molecule has 1 heterocycles. The van der Waals surface area contributed by atoms with Crippen LogP contribution in [0.1, 0.15) is 11.1 Å². The first-order valence-corrected chi connectivity index (χ1v) is 8.04. The maximum Gasteiger partial charge on any atom is 0.187 e. The number of nitrogens with one attached hydrogen (secondary N) is 1. The Hall–Kier alpha value is -1.91. The van der Waals surface area contributed by atoms with Crippen LogP contribution in [-0.4, -0.2) is 4.98 Å². The highest BCUT2D eigenvalue weighted by atomic mass is 35.5. The van der Waals surface area contributed by atoms with Crippen LogP contribution >= 0.6 is 22.9 Å². The van der Waals surface area contributed by atoms with E-state index in [1.807, 2.05) is 30.5 Å². The van der Waals surface area contributed by atoms with E-state index in [1.165, 1.54) is 17.4 Å². The van der Waals surface area contributed by atoms with Crippen LogP contribution in [0.5, 0.6) is 0 Å². The van der Waals surface area contributed by atoms with Gasteiger partial charge in [0.15, 0.2) is 5.13 Å². The minimum Gasteiger partial charge on any atom is -0.331 e. The number of rotatable bonds is 3. The number of halogens is 2. The number of anilines is 2. The lowest BCUT2D eigenvalue weighted by molar-refractivity contribution is 0.619. The molecule has 0 saturated heterocycles. The van der Waals surface area contributed by atoms with E-state index in [9.17, 15) is 4.39 Å². The summed E-state index contributed by atoms with van der Waals surface area (Å²) in [7, 11) is 0. The minimum absolute atomic E-state index is 0.202. The van der Waals surface area contributed by atoms with Gasteiger partial charge < -0.3 is 5.32 Å². The highest BCUT2D eigenvalue weighted by molar-refractivity contribution is 7.14. The summed E-state index contributed by atoms with van der Waals surface area (Å²) in [4.78, 5) is 4.56. The van der Waals surface area contributed by atoms with Gasteiger partial charge in [-0.1, -0.05) is 17.7 Å². The molecular formula is C17H14ClFN2S. The van der Waals surface area contributed by atoms with Gasteiger partial charge in [-0.05, 0) is 55.3 Å². The number of benzene rings is 2. The lowest BCUT2D eigenvalue weighted by atomic mass is 10.1. The van der Waals surface area contributed by atoms with Crippen molar-refractivity contribution in [3.05, 3.63) is 63.7 Å². The van der Waals surface area contributed by atoms with E-state index in [-0.39, 0.29) is 5.82 Å². The molecule has 0 spiro atoms. The van der Waals surface area contributed by atoms with E-state index in [0.29, 0.717) is 5.56 Å². The molecule has 5 heteroatoms. The summed E-state index contributed by atoms with van der Waals surface area (Å²) in [6.45, 7) is 3.71. The highest BCUT2D eigenvalue weighted by Crippen LogP contribution is 2.30. The van der Waals surface area contributed by atoms with E-state index in [4.69, 9.17) is 11.6 Å². The Balaban J connectivity index is 1.87. The van der Waals surface area contributed by atoms with Crippen LogP contribution in [-0.2, 0) is 0 Å². The average Bonchev–Trinajstić information content (AvgIpc) is 2.95. The van der Waals surface area contributed by atoms with Crippen molar-refractivity contribution < 1.29 is 4.39 Å². The summed E-state index contributed by atoms with van der Waals surface area (Å²) in [5.41, 5.74) is 4.27. The fourth-order valence-electron chi connectivity index (χ4n) is 2.13. The Kier molecular flexibility index (Phi) is 4.14. The normalized spacial score (nSPS) is 10.7. The fourth-order valence-corrected chi connectivity index (χ4v) is 3.03. The molecular weight excluding hydrogens is 319 g/mol. The molecule has 2 nitrogen and oxygen atoms in total. The topological polar surface area (TPSA) is 24.9 Å². The first kappa shape index (κ1) is 15.0. The molecule has 0 unspecified atom stereocenters. The molecule has 0 fully saturated rings. The fraction of sp³-hybridized carbons (Fsp3) is 0.118. The van der Waals surface area contributed by atoms with Crippen molar-refractivity contribution in [3.8, 4) is 11.3 Å². The van der Waals surface area contributed by atoms with E-state index < -0.39 is 0 Å². The zero-order chi connectivity index (χ0) is 15.7. The Morgan fingerprint density at radius 1 is 1.18 bits per heavy atom. The molecule has 22 heavy (non-hydrogen) atoms. The molecule has 112 valence electrons. The third-order valence-corrected chi connectivity index (χ3v) is 4.63. The van der Waals surface area contributed by atoms with E-state index in [0.717, 1.165) is 32.7 Å². The second-order valence-electron chi connectivity index (χ2n) is 5.04. The van der Waals surface area contributed by atoms with Crippen LogP contribution < -0.4 is 5.32 Å².